The first-order valence-corrected chi connectivity index (χ1v) is 8.36. The Morgan fingerprint density at radius 2 is 1.11 bits per heavy atom. The van der Waals surface area contributed by atoms with Crippen molar-refractivity contribution in [1.29, 1.82) is 0 Å². The van der Waals surface area contributed by atoms with Crippen LogP contribution in [0, 0.1) is 71.0 Å². The van der Waals surface area contributed by atoms with Gasteiger partial charge in [-0.2, -0.15) is 0 Å². The lowest BCUT2D eigenvalue weighted by Crippen LogP contribution is -2.77. The summed E-state index contributed by atoms with van der Waals surface area (Å²) in [6.07, 6.45) is 2.62. The van der Waals surface area contributed by atoms with E-state index < -0.39 is 6.17 Å². The van der Waals surface area contributed by atoms with Gasteiger partial charge in [0.1, 0.15) is 6.17 Å². The van der Waals surface area contributed by atoms with Gasteiger partial charge in [-0.15, -0.1) is 0 Å². The van der Waals surface area contributed by atoms with Crippen molar-refractivity contribution in [3.63, 3.8) is 0 Å². The van der Waals surface area contributed by atoms with E-state index in [1.54, 1.807) is 0 Å². The molecule has 0 amide bonds. The molecule has 0 radical (unpaired) electrons. The van der Waals surface area contributed by atoms with Crippen LogP contribution in [0.25, 0.3) is 0 Å². The fourth-order valence-electron chi connectivity index (χ4n) is 8.48. The van der Waals surface area contributed by atoms with Gasteiger partial charge < -0.3 is 0 Å². The molecule has 0 saturated heterocycles. The highest BCUT2D eigenvalue weighted by Crippen LogP contribution is 2.85. The van der Waals surface area contributed by atoms with Gasteiger partial charge in [-0.05, 0) is 83.9 Å². The maximum Gasteiger partial charge on any atom is 0.106 e. The number of rotatable bonds is 0. The van der Waals surface area contributed by atoms with Gasteiger partial charge in [0.2, 0.25) is 0 Å². The Bertz CT molecular complexity index is 445. The Hall–Kier alpha value is -0.0700. The van der Waals surface area contributed by atoms with E-state index >= 15 is 0 Å². The Morgan fingerprint density at radius 3 is 1.72 bits per heavy atom. The average Bonchev–Trinajstić information content (AvgIpc) is 2.53. The highest BCUT2D eigenvalue weighted by Gasteiger charge is 2.82. The van der Waals surface area contributed by atoms with E-state index in [9.17, 15) is 4.39 Å². The SMILES string of the molecule is CC1C(F)C2C(C)C3C(C12)C1C2C4CCC4C2C31. The molecule has 13 atom stereocenters. The summed E-state index contributed by atoms with van der Waals surface area (Å²) in [5.74, 6) is 11.0. The molecule has 0 spiro atoms. The van der Waals surface area contributed by atoms with Gasteiger partial charge in [0.05, 0.1) is 0 Å². The van der Waals surface area contributed by atoms with Crippen LogP contribution in [0.4, 0.5) is 4.39 Å². The van der Waals surface area contributed by atoms with Gasteiger partial charge in [-0.1, -0.05) is 13.8 Å². The molecular weight excluding hydrogens is 223 g/mol. The minimum absolute atomic E-state index is 0.393. The van der Waals surface area contributed by atoms with Crippen LogP contribution in [-0.4, -0.2) is 6.17 Å². The quantitative estimate of drug-likeness (QED) is 0.573. The van der Waals surface area contributed by atoms with Gasteiger partial charge in [-0.3, -0.25) is 0 Å². The zero-order valence-electron chi connectivity index (χ0n) is 11.3. The Balaban J connectivity index is 1.37. The summed E-state index contributed by atoms with van der Waals surface area (Å²) in [6, 6.07) is 0. The molecule has 6 aliphatic rings. The predicted octanol–water partition coefficient (Wildman–Crippen LogP) is 3.62. The molecule has 0 aromatic carbocycles. The van der Waals surface area contributed by atoms with Gasteiger partial charge in [-0.25, -0.2) is 4.39 Å². The van der Waals surface area contributed by atoms with Gasteiger partial charge in [0, 0.05) is 0 Å². The van der Waals surface area contributed by atoms with Crippen LogP contribution < -0.4 is 0 Å². The van der Waals surface area contributed by atoms with Crippen molar-refractivity contribution < 1.29 is 4.39 Å². The number of hydrogen-bond donors (Lipinski definition) is 0. The maximum absolute atomic E-state index is 14.1. The standard InChI is InChI=1S/C17H23F/c1-5-9-14(10-6(2)17(18)11(5)10)16-13-8-4-3-7(8)12(13)15(9)16/h5-17H,3-4H2,1-2H3. The van der Waals surface area contributed by atoms with Crippen LogP contribution >= 0.6 is 0 Å². The fourth-order valence-corrected chi connectivity index (χ4v) is 8.48. The van der Waals surface area contributed by atoms with E-state index in [2.05, 4.69) is 13.8 Å². The minimum atomic E-state index is -0.454. The molecular formula is C17H23F. The van der Waals surface area contributed by atoms with E-state index in [1.807, 2.05) is 0 Å². The van der Waals surface area contributed by atoms with Crippen LogP contribution in [0.1, 0.15) is 26.7 Å². The molecule has 0 aliphatic heterocycles. The van der Waals surface area contributed by atoms with Crippen molar-refractivity contribution >= 4 is 0 Å². The summed E-state index contributed by atoms with van der Waals surface area (Å²) >= 11 is 0. The predicted molar refractivity (Wildman–Crippen MR) is 67.4 cm³/mol. The van der Waals surface area contributed by atoms with Crippen LogP contribution in [0.2, 0.25) is 0 Å². The molecule has 0 nitrogen and oxygen atoms in total. The molecule has 6 aliphatic carbocycles. The third-order valence-corrected chi connectivity index (χ3v) is 9.06. The van der Waals surface area contributed by atoms with E-state index in [-0.39, 0.29) is 0 Å². The van der Waals surface area contributed by atoms with E-state index in [0.717, 1.165) is 53.3 Å². The van der Waals surface area contributed by atoms with Crippen molar-refractivity contribution in [2.75, 3.05) is 0 Å². The molecule has 0 aromatic heterocycles. The number of alkyl halides is 1. The molecule has 98 valence electrons. The highest BCUT2D eigenvalue weighted by atomic mass is 19.1. The van der Waals surface area contributed by atoms with E-state index in [0.29, 0.717) is 17.8 Å². The van der Waals surface area contributed by atoms with Gasteiger partial charge in [0.15, 0.2) is 0 Å². The first-order valence-electron chi connectivity index (χ1n) is 8.36. The molecule has 0 bridgehead atoms. The van der Waals surface area contributed by atoms with E-state index in [1.165, 1.54) is 12.8 Å². The Morgan fingerprint density at radius 1 is 0.611 bits per heavy atom. The summed E-state index contributed by atoms with van der Waals surface area (Å²) in [7, 11) is 0. The molecule has 1 heteroatoms. The third kappa shape index (κ3) is 0.668. The maximum atomic E-state index is 14.1. The van der Waals surface area contributed by atoms with Crippen molar-refractivity contribution in [1.82, 2.24) is 0 Å². The number of halogens is 1. The van der Waals surface area contributed by atoms with Crippen LogP contribution in [0.3, 0.4) is 0 Å². The van der Waals surface area contributed by atoms with E-state index in [4.69, 9.17) is 0 Å². The Labute approximate surface area is 109 Å². The van der Waals surface area contributed by atoms with Gasteiger partial charge >= 0.3 is 0 Å². The van der Waals surface area contributed by atoms with Gasteiger partial charge in [0.25, 0.3) is 0 Å². The monoisotopic (exact) mass is 246 g/mol. The largest absolute Gasteiger partial charge is 0.247 e. The highest BCUT2D eigenvalue weighted by molar-refractivity contribution is 5.29. The lowest BCUT2D eigenvalue weighted by Gasteiger charge is -2.81. The summed E-state index contributed by atoms with van der Waals surface area (Å²) in [5.41, 5.74) is 0. The lowest BCUT2D eigenvalue weighted by molar-refractivity contribution is -0.342. The second-order valence-corrected chi connectivity index (χ2v) is 8.69. The first kappa shape index (κ1) is 9.77. The molecule has 0 heterocycles. The third-order valence-electron chi connectivity index (χ3n) is 9.06. The summed E-state index contributed by atoms with van der Waals surface area (Å²) in [5, 5.41) is 0. The van der Waals surface area contributed by atoms with Crippen LogP contribution in [0.5, 0.6) is 0 Å². The molecule has 6 fully saturated rings. The Kier molecular flexibility index (Phi) is 1.39. The van der Waals surface area contributed by atoms with Crippen molar-refractivity contribution in [3.8, 4) is 0 Å². The molecule has 0 aromatic rings. The fraction of sp³-hybridized carbons (Fsp3) is 1.00. The topological polar surface area (TPSA) is 0 Å². The first-order chi connectivity index (χ1) is 8.72. The second-order valence-electron chi connectivity index (χ2n) is 8.69. The summed E-state index contributed by atoms with van der Waals surface area (Å²) < 4.78 is 14.1. The molecule has 0 N–H and O–H groups in total. The minimum Gasteiger partial charge on any atom is -0.247 e. The number of fused-ring (bicyclic) bond motifs is 12. The number of hydrogen-bond acceptors (Lipinski definition) is 0. The average molecular weight is 246 g/mol. The van der Waals surface area contributed by atoms with Crippen molar-refractivity contribution in [2.45, 2.75) is 32.9 Å². The zero-order valence-corrected chi connectivity index (χ0v) is 11.3. The molecule has 18 heavy (non-hydrogen) atoms. The zero-order chi connectivity index (χ0) is 11.9. The van der Waals surface area contributed by atoms with Crippen LogP contribution in [0.15, 0.2) is 0 Å². The van der Waals surface area contributed by atoms with Crippen molar-refractivity contribution in [2.24, 2.45) is 71.0 Å². The lowest BCUT2D eigenvalue weighted by atomic mass is 9.23. The summed E-state index contributed by atoms with van der Waals surface area (Å²) in [6.45, 7) is 4.58. The smallest absolute Gasteiger partial charge is 0.106 e. The summed E-state index contributed by atoms with van der Waals surface area (Å²) in [4.78, 5) is 0. The van der Waals surface area contributed by atoms with Crippen molar-refractivity contribution in [3.05, 3.63) is 0 Å². The molecule has 13 unspecified atom stereocenters. The molecule has 6 saturated carbocycles. The molecule has 6 rings (SSSR count). The normalized spacial score (nSPS) is 81.2. The second kappa shape index (κ2) is 2.56. The van der Waals surface area contributed by atoms with Crippen LogP contribution in [-0.2, 0) is 0 Å².